The molecule has 0 bridgehead atoms. The minimum absolute atomic E-state index is 0.244. The number of amides is 2. The third-order valence-corrected chi connectivity index (χ3v) is 3.98. The van der Waals surface area contributed by atoms with E-state index in [1.54, 1.807) is 7.11 Å². The van der Waals surface area contributed by atoms with E-state index in [0.717, 1.165) is 17.5 Å². The Bertz CT molecular complexity index is 475. The van der Waals surface area contributed by atoms with Crippen LogP contribution in [0.15, 0.2) is 24.3 Å². The lowest BCUT2D eigenvalue weighted by atomic mass is 9.91. The van der Waals surface area contributed by atoms with Gasteiger partial charge >= 0.3 is 0 Å². The van der Waals surface area contributed by atoms with Gasteiger partial charge in [0.25, 0.3) is 0 Å². The predicted molar refractivity (Wildman–Crippen MR) is 70.6 cm³/mol. The summed E-state index contributed by atoms with van der Waals surface area (Å²) in [6.45, 7) is 0.590. The first kappa shape index (κ1) is 13.2. The summed E-state index contributed by atoms with van der Waals surface area (Å²) in [4.78, 5) is 22.8. The Morgan fingerprint density at radius 1 is 1.28 bits per heavy atom. The molecule has 0 spiro atoms. The molecule has 2 unspecified atom stereocenters. The van der Waals surface area contributed by atoms with E-state index in [-0.39, 0.29) is 11.8 Å². The Hall–Kier alpha value is -1.20. The molecular weight excluding hydrogens is 298 g/mol. The summed E-state index contributed by atoms with van der Waals surface area (Å²) in [5, 5.41) is 2.34. The van der Waals surface area contributed by atoms with E-state index in [4.69, 9.17) is 4.74 Å². The van der Waals surface area contributed by atoms with E-state index in [1.165, 1.54) is 0 Å². The van der Waals surface area contributed by atoms with Crippen molar-refractivity contribution in [1.29, 1.82) is 0 Å². The number of imide groups is 1. The smallest absolute Gasteiger partial charge is 0.241 e. The highest BCUT2D eigenvalue weighted by molar-refractivity contribution is 9.10. The second-order valence-corrected chi connectivity index (χ2v) is 5.16. The topological polar surface area (TPSA) is 55.4 Å². The third-order valence-electron chi connectivity index (χ3n) is 3.04. The maximum atomic E-state index is 11.8. The van der Waals surface area contributed by atoms with Gasteiger partial charge in [0, 0.05) is 7.11 Å². The maximum Gasteiger partial charge on any atom is 0.241 e. The zero-order valence-corrected chi connectivity index (χ0v) is 11.6. The number of rotatable bonds is 4. The van der Waals surface area contributed by atoms with Crippen molar-refractivity contribution in [3.8, 4) is 0 Å². The molecular formula is C13H14BrNO3. The molecule has 0 radical (unpaired) electrons. The van der Waals surface area contributed by atoms with E-state index in [9.17, 15) is 9.59 Å². The Kier molecular flexibility index (Phi) is 4.14. The summed E-state index contributed by atoms with van der Waals surface area (Å²) in [5.41, 5.74) is 1.93. The van der Waals surface area contributed by atoms with Gasteiger partial charge in [0.05, 0.1) is 12.5 Å². The van der Waals surface area contributed by atoms with Crippen LogP contribution in [0.3, 0.4) is 0 Å². The first-order valence-corrected chi connectivity index (χ1v) is 6.62. The Morgan fingerprint density at radius 2 is 2.00 bits per heavy atom. The van der Waals surface area contributed by atoms with Gasteiger partial charge in [-0.25, -0.2) is 0 Å². The van der Waals surface area contributed by atoms with Crippen LogP contribution in [0.5, 0.6) is 0 Å². The normalized spacial score (nSPS) is 23.2. The lowest BCUT2D eigenvalue weighted by Gasteiger charge is -2.15. The van der Waals surface area contributed by atoms with Gasteiger partial charge in [-0.1, -0.05) is 40.2 Å². The van der Waals surface area contributed by atoms with Gasteiger partial charge in [-0.15, -0.1) is 0 Å². The third kappa shape index (κ3) is 2.47. The van der Waals surface area contributed by atoms with Crippen LogP contribution in [0.25, 0.3) is 0 Å². The summed E-state index contributed by atoms with van der Waals surface area (Å²) in [6, 6.07) is 7.65. The van der Waals surface area contributed by atoms with Gasteiger partial charge in [0.15, 0.2) is 0 Å². The number of carbonyl (C=O) groups is 2. The van der Waals surface area contributed by atoms with Gasteiger partial charge in [-0.2, -0.15) is 0 Å². The second kappa shape index (κ2) is 5.63. The standard InChI is InChI=1S/C13H14BrNO3/c1-18-7-6-8-4-2-3-5-9(8)10-11(14)13(17)15-12(10)16/h2-5,10-11H,6-7H2,1H3,(H,15,16,17). The van der Waals surface area contributed by atoms with Crippen molar-refractivity contribution < 1.29 is 14.3 Å². The fraction of sp³-hybridized carbons (Fsp3) is 0.385. The van der Waals surface area contributed by atoms with E-state index >= 15 is 0 Å². The molecule has 18 heavy (non-hydrogen) atoms. The molecule has 0 saturated carbocycles. The van der Waals surface area contributed by atoms with Gasteiger partial charge in [-0.05, 0) is 17.5 Å². The number of halogens is 1. The number of hydrogen-bond acceptors (Lipinski definition) is 3. The number of hydrogen-bond donors (Lipinski definition) is 1. The molecule has 1 aromatic rings. The molecule has 5 heteroatoms. The minimum atomic E-state index is -0.492. The van der Waals surface area contributed by atoms with Crippen LogP contribution in [-0.4, -0.2) is 30.4 Å². The molecule has 4 nitrogen and oxygen atoms in total. The maximum absolute atomic E-state index is 11.8. The summed E-state index contributed by atoms with van der Waals surface area (Å²) < 4.78 is 5.06. The summed E-state index contributed by atoms with van der Waals surface area (Å²) in [5.74, 6) is -0.969. The molecule has 1 heterocycles. The van der Waals surface area contributed by atoms with Crippen molar-refractivity contribution in [3.05, 3.63) is 35.4 Å². The SMILES string of the molecule is COCCc1ccccc1C1C(=O)NC(=O)C1Br. The van der Waals surface area contributed by atoms with E-state index in [2.05, 4.69) is 21.2 Å². The number of ether oxygens (including phenoxy) is 1. The lowest BCUT2D eigenvalue weighted by Crippen LogP contribution is -2.22. The van der Waals surface area contributed by atoms with Crippen molar-refractivity contribution in [2.24, 2.45) is 0 Å². The Morgan fingerprint density at radius 3 is 2.61 bits per heavy atom. The fourth-order valence-corrected chi connectivity index (χ4v) is 2.77. The zero-order valence-electron chi connectivity index (χ0n) is 9.98. The van der Waals surface area contributed by atoms with E-state index < -0.39 is 10.7 Å². The van der Waals surface area contributed by atoms with Crippen LogP contribution in [0, 0.1) is 0 Å². The van der Waals surface area contributed by atoms with Crippen molar-refractivity contribution in [2.45, 2.75) is 17.2 Å². The molecule has 2 rings (SSSR count). The zero-order chi connectivity index (χ0) is 13.1. The Labute approximate surface area is 114 Å². The average Bonchev–Trinajstić information content (AvgIpc) is 2.61. The predicted octanol–water partition coefficient (Wildman–Crippen LogP) is 1.38. The highest BCUT2D eigenvalue weighted by Crippen LogP contribution is 2.32. The quantitative estimate of drug-likeness (QED) is 0.675. The summed E-state index contributed by atoms with van der Waals surface area (Å²) in [6.07, 6.45) is 0.727. The molecule has 0 aromatic heterocycles. The monoisotopic (exact) mass is 311 g/mol. The molecule has 1 aliphatic heterocycles. The van der Waals surface area contributed by atoms with Crippen LogP contribution in [0.4, 0.5) is 0 Å². The van der Waals surface area contributed by atoms with Crippen LogP contribution >= 0.6 is 15.9 Å². The van der Waals surface area contributed by atoms with Crippen molar-refractivity contribution in [3.63, 3.8) is 0 Å². The van der Waals surface area contributed by atoms with Gasteiger partial charge < -0.3 is 4.74 Å². The van der Waals surface area contributed by atoms with Crippen LogP contribution < -0.4 is 5.32 Å². The summed E-state index contributed by atoms with van der Waals surface area (Å²) in [7, 11) is 1.64. The highest BCUT2D eigenvalue weighted by atomic mass is 79.9. The summed E-state index contributed by atoms with van der Waals surface area (Å²) >= 11 is 3.29. The Balaban J connectivity index is 2.32. The van der Waals surface area contributed by atoms with Crippen molar-refractivity contribution >= 4 is 27.7 Å². The van der Waals surface area contributed by atoms with Gasteiger partial charge in [-0.3, -0.25) is 14.9 Å². The van der Waals surface area contributed by atoms with Crippen molar-refractivity contribution in [2.75, 3.05) is 13.7 Å². The highest BCUT2D eigenvalue weighted by Gasteiger charge is 2.41. The molecule has 1 saturated heterocycles. The molecule has 1 aromatic carbocycles. The molecule has 96 valence electrons. The molecule has 1 fully saturated rings. The minimum Gasteiger partial charge on any atom is -0.384 e. The first-order chi connectivity index (χ1) is 8.65. The second-order valence-electron chi connectivity index (χ2n) is 4.17. The molecule has 0 aliphatic carbocycles. The fourth-order valence-electron chi connectivity index (χ4n) is 2.13. The van der Waals surface area contributed by atoms with Crippen LogP contribution in [-0.2, 0) is 20.7 Å². The molecule has 2 atom stereocenters. The lowest BCUT2D eigenvalue weighted by molar-refractivity contribution is -0.125. The number of benzene rings is 1. The number of methoxy groups -OCH3 is 1. The number of nitrogens with one attached hydrogen (secondary N) is 1. The van der Waals surface area contributed by atoms with Gasteiger partial charge in [0.2, 0.25) is 11.8 Å². The average molecular weight is 312 g/mol. The molecule has 1 N–H and O–H groups in total. The molecule has 2 amide bonds. The van der Waals surface area contributed by atoms with Crippen molar-refractivity contribution in [1.82, 2.24) is 5.32 Å². The van der Waals surface area contributed by atoms with Crippen LogP contribution in [0.1, 0.15) is 17.0 Å². The van der Waals surface area contributed by atoms with Gasteiger partial charge in [0.1, 0.15) is 4.83 Å². The largest absolute Gasteiger partial charge is 0.384 e. The molecule has 1 aliphatic rings. The first-order valence-electron chi connectivity index (χ1n) is 5.70. The number of alkyl halides is 1. The van der Waals surface area contributed by atoms with E-state index in [0.29, 0.717) is 6.61 Å². The van der Waals surface area contributed by atoms with E-state index in [1.807, 2.05) is 24.3 Å². The number of carbonyl (C=O) groups excluding carboxylic acids is 2. The van der Waals surface area contributed by atoms with Crippen LogP contribution in [0.2, 0.25) is 0 Å².